The first-order chi connectivity index (χ1) is 9.56. The molecular weight excluding hydrogens is 250 g/mol. The Bertz CT molecular complexity index is 591. The maximum Gasteiger partial charge on any atom is 0.122 e. The zero-order valence-electron chi connectivity index (χ0n) is 12.5. The maximum atomic E-state index is 5.55. The molecule has 0 atom stereocenters. The molecule has 2 aromatic rings. The highest BCUT2D eigenvalue weighted by molar-refractivity contribution is 5.66. The Hall–Kier alpha value is -1.94. The van der Waals surface area contributed by atoms with E-state index in [1.54, 1.807) is 7.11 Å². The first-order valence-corrected chi connectivity index (χ1v) is 6.78. The van der Waals surface area contributed by atoms with E-state index in [-0.39, 0.29) is 0 Å². The van der Waals surface area contributed by atoms with Gasteiger partial charge in [0.2, 0.25) is 0 Å². The third-order valence-electron chi connectivity index (χ3n) is 3.40. The van der Waals surface area contributed by atoms with Gasteiger partial charge in [-0.05, 0) is 48.2 Å². The molecule has 0 radical (unpaired) electrons. The summed E-state index contributed by atoms with van der Waals surface area (Å²) >= 11 is 0. The van der Waals surface area contributed by atoms with Gasteiger partial charge in [-0.25, -0.2) is 0 Å². The maximum absolute atomic E-state index is 5.55. The van der Waals surface area contributed by atoms with Crippen LogP contribution >= 0.6 is 0 Å². The predicted octanol–water partition coefficient (Wildman–Crippen LogP) is 3.04. The summed E-state index contributed by atoms with van der Waals surface area (Å²) in [5.74, 6) is 1.31. The number of nitrogens with zero attached hydrogens (tertiary/aromatic N) is 2. The van der Waals surface area contributed by atoms with E-state index in [0.29, 0.717) is 12.5 Å². The lowest BCUT2D eigenvalue weighted by atomic mass is 9.95. The van der Waals surface area contributed by atoms with Crippen molar-refractivity contribution in [3.05, 3.63) is 41.1 Å². The lowest BCUT2D eigenvalue weighted by molar-refractivity contribution is 0.407. The van der Waals surface area contributed by atoms with Crippen molar-refractivity contribution in [1.82, 2.24) is 10.2 Å². The number of rotatable bonds is 4. The number of benzene rings is 1. The SMILES string of the molecule is COc1cc(C)c(-c2ccc(CN)nn2)cc1C(C)C. The second-order valence-electron chi connectivity index (χ2n) is 5.18. The molecule has 1 heterocycles. The Labute approximate surface area is 120 Å². The standard InChI is InChI=1S/C16H21N3O/c1-10(2)13-8-14(11(3)7-16(13)20-4)15-6-5-12(9-17)18-19-15/h5-8,10H,9,17H2,1-4H3. The lowest BCUT2D eigenvalue weighted by Crippen LogP contribution is -2.02. The number of ether oxygens (including phenoxy) is 1. The van der Waals surface area contributed by atoms with Gasteiger partial charge in [-0.3, -0.25) is 0 Å². The first-order valence-electron chi connectivity index (χ1n) is 6.78. The lowest BCUT2D eigenvalue weighted by Gasteiger charge is -2.15. The summed E-state index contributed by atoms with van der Waals surface area (Å²) < 4.78 is 5.46. The molecule has 0 saturated carbocycles. The van der Waals surface area contributed by atoms with Gasteiger partial charge in [0.05, 0.1) is 18.5 Å². The minimum atomic E-state index is 0.389. The highest BCUT2D eigenvalue weighted by Crippen LogP contribution is 2.33. The molecule has 2 rings (SSSR count). The van der Waals surface area contributed by atoms with Gasteiger partial charge in [0.25, 0.3) is 0 Å². The molecule has 0 saturated heterocycles. The van der Waals surface area contributed by atoms with Gasteiger partial charge < -0.3 is 10.5 Å². The summed E-state index contributed by atoms with van der Waals surface area (Å²) in [6, 6.07) is 8.09. The van der Waals surface area contributed by atoms with E-state index in [1.165, 1.54) is 5.56 Å². The third kappa shape index (κ3) is 2.80. The Balaban J connectivity index is 2.52. The molecule has 4 heteroatoms. The molecule has 4 nitrogen and oxygen atoms in total. The molecule has 0 fully saturated rings. The third-order valence-corrected chi connectivity index (χ3v) is 3.40. The van der Waals surface area contributed by atoms with Crippen LogP contribution in [-0.2, 0) is 6.54 Å². The first kappa shape index (κ1) is 14.5. The van der Waals surface area contributed by atoms with Crippen molar-refractivity contribution in [2.24, 2.45) is 5.73 Å². The molecular formula is C16H21N3O. The zero-order chi connectivity index (χ0) is 14.7. The smallest absolute Gasteiger partial charge is 0.122 e. The fourth-order valence-electron chi connectivity index (χ4n) is 2.21. The van der Waals surface area contributed by atoms with Crippen LogP contribution in [0, 0.1) is 6.92 Å². The molecule has 20 heavy (non-hydrogen) atoms. The highest BCUT2D eigenvalue weighted by Gasteiger charge is 2.13. The number of methoxy groups -OCH3 is 1. The van der Waals surface area contributed by atoms with E-state index < -0.39 is 0 Å². The van der Waals surface area contributed by atoms with E-state index in [0.717, 1.165) is 28.3 Å². The average Bonchev–Trinajstić information content (AvgIpc) is 2.46. The summed E-state index contributed by atoms with van der Waals surface area (Å²) in [6.45, 7) is 6.77. The molecule has 0 bridgehead atoms. The number of hydrogen-bond acceptors (Lipinski definition) is 4. The molecule has 0 aliphatic heterocycles. The molecule has 0 aliphatic carbocycles. The molecule has 0 spiro atoms. The monoisotopic (exact) mass is 271 g/mol. The van der Waals surface area contributed by atoms with Crippen LogP contribution in [0.25, 0.3) is 11.3 Å². The highest BCUT2D eigenvalue weighted by atomic mass is 16.5. The van der Waals surface area contributed by atoms with Gasteiger partial charge in [-0.15, -0.1) is 0 Å². The zero-order valence-corrected chi connectivity index (χ0v) is 12.5. The van der Waals surface area contributed by atoms with Crippen LogP contribution in [0.5, 0.6) is 5.75 Å². The van der Waals surface area contributed by atoms with E-state index >= 15 is 0 Å². The summed E-state index contributed by atoms with van der Waals surface area (Å²) in [5, 5.41) is 8.39. The van der Waals surface area contributed by atoms with E-state index in [1.807, 2.05) is 12.1 Å². The number of hydrogen-bond donors (Lipinski definition) is 1. The number of aromatic nitrogens is 2. The van der Waals surface area contributed by atoms with Gasteiger partial charge in [0, 0.05) is 12.1 Å². The van der Waals surface area contributed by atoms with E-state index in [4.69, 9.17) is 10.5 Å². The Morgan fingerprint density at radius 1 is 1.20 bits per heavy atom. The van der Waals surface area contributed by atoms with Crippen LogP contribution in [0.4, 0.5) is 0 Å². The van der Waals surface area contributed by atoms with Crippen molar-refractivity contribution < 1.29 is 4.74 Å². The van der Waals surface area contributed by atoms with Crippen LogP contribution in [0.3, 0.4) is 0 Å². The Kier molecular flexibility index (Phi) is 4.35. The molecule has 106 valence electrons. The molecule has 0 amide bonds. The minimum Gasteiger partial charge on any atom is -0.496 e. The summed E-state index contributed by atoms with van der Waals surface area (Å²) in [6.07, 6.45) is 0. The fourth-order valence-corrected chi connectivity index (χ4v) is 2.21. The summed E-state index contributed by atoms with van der Waals surface area (Å²) in [5.41, 5.74) is 10.6. The average molecular weight is 271 g/mol. The van der Waals surface area contributed by atoms with Crippen LogP contribution in [0.15, 0.2) is 24.3 Å². The number of nitrogens with two attached hydrogens (primary N) is 1. The van der Waals surface area contributed by atoms with Crippen LogP contribution in [0.1, 0.15) is 36.6 Å². The van der Waals surface area contributed by atoms with Crippen molar-refractivity contribution in [3.63, 3.8) is 0 Å². The molecule has 1 aromatic carbocycles. The second kappa shape index (κ2) is 6.01. The van der Waals surface area contributed by atoms with Crippen molar-refractivity contribution >= 4 is 0 Å². The van der Waals surface area contributed by atoms with E-state index in [2.05, 4.69) is 43.1 Å². The number of aryl methyl sites for hydroxylation is 1. The summed E-state index contributed by atoms with van der Waals surface area (Å²) in [4.78, 5) is 0. The van der Waals surface area contributed by atoms with Crippen LogP contribution < -0.4 is 10.5 Å². The van der Waals surface area contributed by atoms with Crippen molar-refractivity contribution in [2.75, 3.05) is 7.11 Å². The molecule has 2 N–H and O–H groups in total. The van der Waals surface area contributed by atoms with Gasteiger partial charge in [-0.2, -0.15) is 10.2 Å². The van der Waals surface area contributed by atoms with Gasteiger partial charge >= 0.3 is 0 Å². The van der Waals surface area contributed by atoms with Crippen molar-refractivity contribution in [3.8, 4) is 17.0 Å². The quantitative estimate of drug-likeness (QED) is 0.928. The minimum absolute atomic E-state index is 0.389. The van der Waals surface area contributed by atoms with Crippen LogP contribution in [0.2, 0.25) is 0 Å². The second-order valence-corrected chi connectivity index (χ2v) is 5.18. The van der Waals surface area contributed by atoms with Gasteiger partial charge in [0.1, 0.15) is 5.75 Å². The normalized spacial score (nSPS) is 10.9. The van der Waals surface area contributed by atoms with Gasteiger partial charge in [-0.1, -0.05) is 13.8 Å². The van der Waals surface area contributed by atoms with Crippen molar-refractivity contribution in [2.45, 2.75) is 33.2 Å². The molecule has 1 aromatic heterocycles. The fraction of sp³-hybridized carbons (Fsp3) is 0.375. The Morgan fingerprint density at radius 3 is 2.45 bits per heavy atom. The topological polar surface area (TPSA) is 61.0 Å². The van der Waals surface area contributed by atoms with Gasteiger partial charge in [0.15, 0.2) is 0 Å². The molecule has 0 aliphatic rings. The largest absolute Gasteiger partial charge is 0.496 e. The predicted molar refractivity (Wildman–Crippen MR) is 80.7 cm³/mol. The Morgan fingerprint density at radius 2 is 1.95 bits per heavy atom. The summed E-state index contributed by atoms with van der Waals surface area (Å²) in [7, 11) is 1.70. The van der Waals surface area contributed by atoms with E-state index in [9.17, 15) is 0 Å². The van der Waals surface area contributed by atoms with Crippen molar-refractivity contribution in [1.29, 1.82) is 0 Å². The molecule has 0 unspecified atom stereocenters. The van der Waals surface area contributed by atoms with Crippen LogP contribution in [-0.4, -0.2) is 17.3 Å².